The molecule has 1 atom stereocenters. The lowest BCUT2D eigenvalue weighted by atomic mass is 9.96. The Morgan fingerprint density at radius 1 is 1.31 bits per heavy atom. The van der Waals surface area contributed by atoms with Crippen molar-refractivity contribution < 1.29 is 19.2 Å². The molecule has 2 aliphatic rings. The lowest BCUT2D eigenvalue weighted by molar-refractivity contribution is -0.134. The lowest BCUT2D eigenvalue weighted by Crippen LogP contribution is -2.42. The number of amides is 4. The highest BCUT2D eigenvalue weighted by Crippen LogP contribution is 2.20. The van der Waals surface area contributed by atoms with Crippen molar-refractivity contribution in [2.24, 2.45) is 11.7 Å². The molecule has 0 radical (unpaired) electrons. The average Bonchev–Trinajstić information content (AvgIpc) is 3.24. The van der Waals surface area contributed by atoms with Gasteiger partial charge in [-0.2, -0.15) is 0 Å². The van der Waals surface area contributed by atoms with E-state index in [0.29, 0.717) is 49.6 Å². The van der Waals surface area contributed by atoms with Gasteiger partial charge in [0.1, 0.15) is 6.04 Å². The van der Waals surface area contributed by atoms with E-state index in [0.717, 1.165) is 0 Å². The van der Waals surface area contributed by atoms with Crippen molar-refractivity contribution in [1.29, 1.82) is 0 Å². The predicted octanol–water partition coefficient (Wildman–Crippen LogP) is -0.373. The van der Waals surface area contributed by atoms with Gasteiger partial charge in [0.05, 0.1) is 12.1 Å². The number of thiazole rings is 1. The first kappa shape index (κ1) is 18.3. The van der Waals surface area contributed by atoms with E-state index in [1.165, 1.54) is 11.3 Å². The molecular weight excluding hydrogens is 358 g/mol. The van der Waals surface area contributed by atoms with Crippen molar-refractivity contribution in [2.75, 3.05) is 18.4 Å². The highest BCUT2D eigenvalue weighted by molar-refractivity contribution is 7.13. The standard InChI is InChI=1S/C16H21N5O4S/c17-14(24)9-3-5-21(6-4-9)13(23)7-10-8-26-16(18-10)20-15(25)11-1-2-12(22)19-11/h8-9,11H,1-7H2,(H2,17,24)(H,19,22)(H,18,20,25). The number of hydrogen-bond acceptors (Lipinski definition) is 6. The molecule has 2 aliphatic heterocycles. The van der Waals surface area contributed by atoms with Gasteiger partial charge >= 0.3 is 0 Å². The smallest absolute Gasteiger partial charge is 0.248 e. The Kier molecular flexibility index (Phi) is 5.50. The first-order valence-electron chi connectivity index (χ1n) is 8.54. The largest absolute Gasteiger partial charge is 0.369 e. The Balaban J connectivity index is 1.49. The second-order valence-corrected chi connectivity index (χ2v) is 7.38. The van der Waals surface area contributed by atoms with Crippen molar-refractivity contribution in [3.63, 3.8) is 0 Å². The number of aromatic nitrogens is 1. The molecule has 4 N–H and O–H groups in total. The number of nitrogens with two attached hydrogens (primary N) is 1. The Morgan fingerprint density at radius 3 is 2.65 bits per heavy atom. The molecule has 0 saturated carbocycles. The molecule has 2 fully saturated rings. The maximum Gasteiger partial charge on any atom is 0.248 e. The number of carbonyl (C=O) groups excluding carboxylic acids is 4. The van der Waals surface area contributed by atoms with Crippen LogP contribution in [0.2, 0.25) is 0 Å². The van der Waals surface area contributed by atoms with Gasteiger partial charge < -0.3 is 21.3 Å². The fourth-order valence-electron chi connectivity index (χ4n) is 3.13. The van der Waals surface area contributed by atoms with Gasteiger partial charge in [-0.25, -0.2) is 4.98 Å². The molecule has 10 heteroatoms. The molecule has 2 saturated heterocycles. The zero-order valence-corrected chi connectivity index (χ0v) is 15.0. The first-order chi connectivity index (χ1) is 12.4. The highest BCUT2D eigenvalue weighted by atomic mass is 32.1. The molecule has 4 amide bonds. The topological polar surface area (TPSA) is 134 Å². The van der Waals surface area contributed by atoms with Gasteiger partial charge in [-0.15, -0.1) is 11.3 Å². The number of likely N-dealkylation sites (tertiary alicyclic amines) is 1. The molecule has 1 aromatic heterocycles. The van der Waals surface area contributed by atoms with Crippen LogP contribution in [-0.2, 0) is 25.6 Å². The van der Waals surface area contributed by atoms with Crippen molar-refractivity contribution in [3.8, 4) is 0 Å². The van der Waals surface area contributed by atoms with Crippen LogP contribution in [0.1, 0.15) is 31.4 Å². The number of carbonyl (C=O) groups is 4. The summed E-state index contributed by atoms with van der Waals surface area (Å²) in [7, 11) is 0. The van der Waals surface area contributed by atoms with Crippen LogP contribution in [0.5, 0.6) is 0 Å². The monoisotopic (exact) mass is 379 g/mol. The summed E-state index contributed by atoms with van der Waals surface area (Å²) in [5.74, 6) is -0.946. The minimum absolute atomic E-state index is 0.0563. The van der Waals surface area contributed by atoms with Gasteiger partial charge in [-0.1, -0.05) is 0 Å². The minimum Gasteiger partial charge on any atom is -0.369 e. The number of nitrogens with zero attached hydrogens (tertiary/aromatic N) is 2. The van der Waals surface area contributed by atoms with E-state index >= 15 is 0 Å². The van der Waals surface area contributed by atoms with Crippen LogP contribution in [-0.4, -0.2) is 52.6 Å². The molecule has 140 valence electrons. The van der Waals surface area contributed by atoms with Crippen molar-refractivity contribution in [2.45, 2.75) is 38.1 Å². The number of rotatable bonds is 5. The maximum atomic E-state index is 12.4. The second-order valence-electron chi connectivity index (χ2n) is 6.53. The molecular formula is C16H21N5O4S. The number of nitrogens with one attached hydrogen (secondary N) is 2. The van der Waals surface area contributed by atoms with Gasteiger partial charge in [0.25, 0.3) is 0 Å². The highest BCUT2D eigenvalue weighted by Gasteiger charge is 2.28. The SMILES string of the molecule is NC(=O)C1CCN(C(=O)Cc2csc(NC(=O)C3CCC(=O)N3)n2)CC1. The zero-order valence-electron chi connectivity index (χ0n) is 14.2. The first-order valence-corrected chi connectivity index (χ1v) is 9.42. The van der Waals surface area contributed by atoms with Crippen LogP contribution in [0.4, 0.5) is 5.13 Å². The van der Waals surface area contributed by atoms with E-state index in [9.17, 15) is 19.2 Å². The van der Waals surface area contributed by atoms with Crippen molar-refractivity contribution in [1.82, 2.24) is 15.2 Å². The van der Waals surface area contributed by atoms with Gasteiger partial charge in [0.2, 0.25) is 23.6 Å². The molecule has 1 unspecified atom stereocenters. The molecule has 3 heterocycles. The van der Waals surface area contributed by atoms with Crippen molar-refractivity contribution in [3.05, 3.63) is 11.1 Å². The van der Waals surface area contributed by atoms with Gasteiger partial charge in [-0.3, -0.25) is 19.2 Å². The third-order valence-corrected chi connectivity index (χ3v) is 5.48. The molecule has 9 nitrogen and oxygen atoms in total. The predicted molar refractivity (Wildman–Crippen MR) is 94.1 cm³/mol. The normalized spacial score (nSPS) is 20.7. The molecule has 0 aliphatic carbocycles. The van der Waals surface area contributed by atoms with Crippen LogP contribution < -0.4 is 16.4 Å². The van der Waals surface area contributed by atoms with E-state index in [-0.39, 0.29) is 36.0 Å². The van der Waals surface area contributed by atoms with Gasteiger partial charge in [-0.05, 0) is 19.3 Å². The summed E-state index contributed by atoms with van der Waals surface area (Å²) >= 11 is 1.24. The quantitative estimate of drug-likeness (QED) is 0.641. The Labute approximate surface area is 154 Å². The molecule has 0 bridgehead atoms. The third kappa shape index (κ3) is 4.37. The van der Waals surface area contributed by atoms with Crippen LogP contribution >= 0.6 is 11.3 Å². The van der Waals surface area contributed by atoms with Crippen LogP contribution in [0.15, 0.2) is 5.38 Å². The molecule has 0 spiro atoms. The van der Waals surface area contributed by atoms with Gasteiger partial charge in [0.15, 0.2) is 5.13 Å². The summed E-state index contributed by atoms with van der Waals surface area (Å²) in [6.45, 7) is 1.03. The van der Waals surface area contributed by atoms with E-state index in [1.807, 2.05) is 0 Å². The summed E-state index contributed by atoms with van der Waals surface area (Å²) in [5, 5.41) is 7.41. The maximum absolute atomic E-state index is 12.4. The van der Waals surface area contributed by atoms with E-state index in [1.54, 1.807) is 10.3 Å². The average molecular weight is 379 g/mol. The summed E-state index contributed by atoms with van der Waals surface area (Å²) < 4.78 is 0. The number of piperidine rings is 1. The number of anilines is 1. The summed E-state index contributed by atoms with van der Waals surface area (Å²) in [4.78, 5) is 52.7. The summed E-state index contributed by atoms with van der Waals surface area (Å²) in [6.07, 6.45) is 2.15. The van der Waals surface area contributed by atoms with Crippen LogP contribution in [0.3, 0.4) is 0 Å². The summed E-state index contributed by atoms with van der Waals surface area (Å²) in [5.41, 5.74) is 5.88. The number of hydrogen-bond donors (Lipinski definition) is 3. The van der Waals surface area contributed by atoms with Crippen molar-refractivity contribution >= 4 is 40.1 Å². The fourth-order valence-corrected chi connectivity index (χ4v) is 3.84. The zero-order chi connectivity index (χ0) is 18.7. The molecule has 0 aromatic carbocycles. The van der Waals surface area contributed by atoms with Crippen LogP contribution in [0, 0.1) is 5.92 Å². The van der Waals surface area contributed by atoms with Crippen LogP contribution in [0.25, 0.3) is 0 Å². The Hall–Kier alpha value is -2.49. The molecule has 26 heavy (non-hydrogen) atoms. The Bertz CT molecular complexity index is 726. The summed E-state index contributed by atoms with van der Waals surface area (Å²) in [6, 6.07) is -0.525. The molecule has 3 rings (SSSR count). The Morgan fingerprint density at radius 2 is 2.04 bits per heavy atom. The van der Waals surface area contributed by atoms with Gasteiger partial charge in [0, 0.05) is 30.8 Å². The fraction of sp³-hybridized carbons (Fsp3) is 0.562. The third-order valence-electron chi connectivity index (χ3n) is 4.68. The van der Waals surface area contributed by atoms with E-state index in [4.69, 9.17) is 5.73 Å². The van der Waals surface area contributed by atoms with E-state index < -0.39 is 6.04 Å². The second kappa shape index (κ2) is 7.81. The minimum atomic E-state index is -0.525. The van der Waals surface area contributed by atoms with E-state index in [2.05, 4.69) is 15.6 Å². The lowest BCUT2D eigenvalue weighted by Gasteiger charge is -2.30. The molecule has 1 aromatic rings. The number of primary amides is 1.